The van der Waals surface area contributed by atoms with Gasteiger partial charge in [0.25, 0.3) is 0 Å². The summed E-state index contributed by atoms with van der Waals surface area (Å²) in [4.78, 5) is 4.77. The highest BCUT2D eigenvalue weighted by Crippen LogP contribution is 2.26. The molecule has 1 heterocycles. The van der Waals surface area contributed by atoms with E-state index in [-0.39, 0.29) is 0 Å². The first-order valence-electron chi connectivity index (χ1n) is 7.48. The lowest BCUT2D eigenvalue weighted by atomic mass is 9.95. The molecule has 2 rings (SSSR count). The summed E-state index contributed by atoms with van der Waals surface area (Å²) in [6.07, 6.45) is 21.3. The molecule has 21 heavy (non-hydrogen) atoms. The average molecular weight is 344 g/mol. The molecule has 1 nitrogen and oxygen atoms in total. The second kappa shape index (κ2) is 8.14. The van der Waals surface area contributed by atoms with Gasteiger partial charge in [-0.2, -0.15) is 0 Å². The van der Waals surface area contributed by atoms with Crippen LogP contribution in [0, 0.1) is 5.92 Å². The number of halogens is 1. The van der Waals surface area contributed by atoms with Gasteiger partial charge in [0.05, 0.1) is 5.70 Å². The van der Waals surface area contributed by atoms with Gasteiger partial charge in [0.1, 0.15) is 4.62 Å². The van der Waals surface area contributed by atoms with E-state index in [9.17, 15) is 0 Å². The molecule has 1 aliphatic heterocycles. The van der Waals surface area contributed by atoms with Gasteiger partial charge in [-0.15, -0.1) is 0 Å². The molecule has 1 atom stereocenters. The van der Waals surface area contributed by atoms with Gasteiger partial charge in [0.2, 0.25) is 0 Å². The first-order valence-corrected chi connectivity index (χ1v) is 8.28. The smallest absolute Gasteiger partial charge is 0.109 e. The molecule has 2 heteroatoms. The lowest BCUT2D eigenvalue weighted by Gasteiger charge is -2.14. The third-order valence-electron chi connectivity index (χ3n) is 3.55. The van der Waals surface area contributed by atoms with Crippen LogP contribution in [-0.4, -0.2) is 4.62 Å². The maximum absolute atomic E-state index is 4.77. The maximum atomic E-state index is 4.77. The van der Waals surface area contributed by atoms with E-state index >= 15 is 0 Å². The fourth-order valence-corrected chi connectivity index (χ4v) is 2.70. The molecule has 0 saturated heterocycles. The van der Waals surface area contributed by atoms with Crippen molar-refractivity contribution < 1.29 is 0 Å². The Hall–Kier alpha value is -1.41. The van der Waals surface area contributed by atoms with Crippen molar-refractivity contribution in [3.8, 4) is 0 Å². The van der Waals surface area contributed by atoms with Crippen molar-refractivity contribution in [1.82, 2.24) is 0 Å². The van der Waals surface area contributed by atoms with Gasteiger partial charge < -0.3 is 0 Å². The van der Waals surface area contributed by atoms with E-state index in [1.807, 2.05) is 0 Å². The van der Waals surface area contributed by atoms with Crippen LogP contribution in [0.25, 0.3) is 0 Å². The summed E-state index contributed by atoms with van der Waals surface area (Å²) in [5, 5.41) is 0. The van der Waals surface area contributed by atoms with E-state index < -0.39 is 0 Å². The van der Waals surface area contributed by atoms with Crippen LogP contribution < -0.4 is 0 Å². The molecule has 110 valence electrons. The van der Waals surface area contributed by atoms with Crippen molar-refractivity contribution in [1.29, 1.82) is 0 Å². The zero-order valence-corrected chi connectivity index (χ0v) is 14.1. The summed E-state index contributed by atoms with van der Waals surface area (Å²) in [5.41, 5.74) is 3.37. The lowest BCUT2D eigenvalue weighted by Crippen LogP contribution is -2.00. The van der Waals surface area contributed by atoms with Crippen LogP contribution in [0.1, 0.15) is 32.6 Å². The van der Waals surface area contributed by atoms with Crippen molar-refractivity contribution in [2.24, 2.45) is 10.9 Å². The number of hydrogen-bond donors (Lipinski definition) is 0. The molecule has 0 radical (unpaired) electrons. The second-order valence-corrected chi connectivity index (χ2v) is 6.24. The number of allylic oxidation sites excluding steroid dienone is 10. The zero-order chi connectivity index (χ0) is 15.1. The highest BCUT2D eigenvalue weighted by atomic mass is 79.9. The van der Waals surface area contributed by atoms with Gasteiger partial charge in [0, 0.05) is 0 Å². The van der Waals surface area contributed by atoms with Gasteiger partial charge in [-0.25, -0.2) is 4.99 Å². The molecule has 0 aromatic carbocycles. The molecule has 1 aliphatic carbocycles. The van der Waals surface area contributed by atoms with Gasteiger partial charge in [-0.3, -0.25) is 0 Å². The minimum Gasteiger partial charge on any atom is -0.241 e. The standard InChI is InChI=1S/C19H22BrN/c1-15-10-6-5-7-11-16(2)19(20)21-18-13-9-4-3-8-12-17(18)14-15/h4-7,9-10,12-13,15H,2-3,8,11,14H2,1H3/b7-5-,9-4+,10-6-,17-12+,18-13+,21-19?. The number of aliphatic imine (C=N–C) groups is 1. The maximum Gasteiger partial charge on any atom is 0.109 e. The Morgan fingerprint density at radius 3 is 2.90 bits per heavy atom. The van der Waals surface area contributed by atoms with Gasteiger partial charge in [-0.1, -0.05) is 56.0 Å². The normalized spacial score (nSPS) is 33.3. The summed E-state index contributed by atoms with van der Waals surface area (Å²) in [6.45, 7) is 6.35. The summed E-state index contributed by atoms with van der Waals surface area (Å²) in [7, 11) is 0. The van der Waals surface area contributed by atoms with E-state index in [4.69, 9.17) is 4.99 Å². The average Bonchev–Trinajstić information content (AvgIpc) is 2.44. The molecular formula is C19H22BrN. The minimum atomic E-state index is 0.504. The fraction of sp³-hybridized carbons (Fsp3) is 0.316. The van der Waals surface area contributed by atoms with E-state index in [1.54, 1.807) is 0 Å². The van der Waals surface area contributed by atoms with Crippen LogP contribution in [0.2, 0.25) is 0 Å². The van der Waals surface area contributed by atoms with Gasteiger partial charge in [0.15, 0.2) is 0 Å². The molecule has 0 aromatic heterocycles. The Labute approximate surface area is 136 Å². The van der Waals surface area contributed by atoms with Crippen LogP contribution >= 0.6 is 15.9 Å². The number of nitrogens with zero attached hydrogens (tertiary/aromatic N) is 1. The number of fused-ring (bicyclic) bond motifs is 1. The molecule has 0 bridgehead atoms. The molecule has 0 saturated carbocycles. The third kappa shape index (κ3) is 5.13. The van der Waals surface area contributed by atoms with Crippen LogP contribution in [0.3, 0.4) is 0 Å². The Morgan fingerprint density at radius 2 is 2.05 bits per heavy atom. The number of rotatable bonds is 0. The van der Waals surface area contributed by atoms with E-state index in [1.165, 1.54) is 5.57 Å². The Balaban J connectivity index is 2.41. The van der Waals surface area contributed by atoms with Crippen molar-refractivity contribution in [3.63, 3.8) is 0 Å². The Kier molecular flexibility index (Phi) is 6.19. The largest absolute Gasteiger partial charge is 0.241 e. The zero-order valence-electron chi connectivity index (χ0n) is 12.6. The minimum absolute atomic E-state index is 0.504. The summed E-state index contributed by atoms with van der Waals surface area (Å²) in [5.74, 6) is 0.504. The van der Waals surface area contributed by atoms with Crippen LogP contribution in [0.15, 0.2) is 77.0 Å². The first-order chi connectivity index (χ1) is 10.2. The molecule has 0 amide bonds. The monoisotopic (exact) mass is 343 g/mol. The van der Waals surface area contributed by atoms with Crippen molar-refractivity contribution in [3.05, 3.63) is 72.0 Å². The lowest BCUT2D eigenvalue weighted by molar-refractivity contribution is 0.715. The van der Waals surface area contributed by atoms with Gasteiger partial charge >= 0.3 is 0 Å². The van der Waals surface area contributed by atoms with E-state index in [0.717, 1.165) is 41.6 Å². The number of hydrogen-bond acceptors (Lipinski definition) is 1. The Bertz CT molecular complexity index is 570. The molecule has 0 spiro atoms. The van der Waals surface area contributed by atoms with Crippen LogP contribution in [0.5, 0.6) is 0 Å². The first kappa shape index (κ1) is 16.0. The topological polar surface area (TPSA) is 12.4 Å². The van der Waals surface area contributed by atoms with E-state index in [2.05, 4.69) is 78.0 Å². The highest BCUT2D eigenvalue weighted by molar-refractivity contribution is 9.18. The predicted octanol–water partition coefficient (Wildman–Crippen LogP) is 6.04. The second-order valence-electron chi connectivity index (χ2n) is 5.49. The molecule has 2 aliphatic rings. The molecule has 0 fully saturated rings. The molecule has 1 unspecified atom stereocenters. The molecular weight excluding hydrogens is 322 g/mol. The van der Waals surface area contributed by atoms with Crippen molar-refractivity contribution in [2.45, 2.75) is 32.6 Å². The Morgan fingerprint density at radius 1 is 1.19 bits per heavy atom. The van der Waals surface area contributed by atoms with Crippen molar-refractivity contribution in [2.75, 3.05) is 0 Å². The summed E-state index contributed by atoms with van der Waals surface area (Å²) < 4.78 is 0.843. The molecule has 0 aromatic rings. The highest BCUT2D eigenvalue weighted by Gasteiger charge is 2.10. The van der Waals surface area contributed by atoms with Crippen molar-refractivity contribution >= 4 is 20.6 Å². The van der Waals surface area contributed by atoms with Gasteiger partial charge in [-0.05, 0) is 64.8 Å². The predicted molar refractivity (Wildman–Crippen MR) is 96.7 cm³/mol. The SMILES string of the molecule is C=C1C/C=C\C=C/C(C)CC2=C\CC/C=C/C=C\2N=C1Br. The quantitative estimate of drug-likeness (QED) is 0.508. The third-order valence-corrected chi connectivity index (χ3v) is 4.28. The summed E-state index contributed by atoms with van der Waals surface area (Å²) in [6, 6.07) is 0. The van der Waals surface area contributed by atoms with E-state index in [0.29, 0.717) is 5.92 Å². The van der Waals surface area contributed by atoms with Crippen LogP contribution in [0.4, 0.5) is 0 Å². The fourth-order valence-electron chi connectivity index (χ4n) is 2.34. The van der Waals surface area contributed by atoms with Crippen LogP contribution in [-0.2, 0) is 0 Å². The summed E-state index contributed by atoms with van der Waals surface area (Å²) >= 11 is 3.57. The molecule has 0 N–H and O–H groups in total.